The standard InChI is InChI=1S/C17H19NO6S/c1-5-24-12-7-6-11(8-13(12)22-3)9-14-15(19)18(17(21)25-14)10(2)16(20)23-4/h6-10H,5H2,1-4H3. The first-order valence-electron chi connectivity index (χ1n) is 7.58. The van der Waals surface area contributed by atoms with E-state index in [1.165, 1.54) is 21.1 Å². The zero-order valence-corrected chi connectivity index (χ0v) is 15.2. The number of hydrogen-bond donors (Lipinski definition) is 0. The van der Waals surface area contributed by atoms with Gasteiger partial charge in [-0.1, -0.05) is 6.07 Å². The summed E-state index contributed by atoms with van der Waals surface area (Å²) >= 11 is 0.779. The van der Waals surface area contributed by atoms with Gasteiger partial charge in [-0.05, 0) is 49.4 Å². The van der Waals surface area contributed by atoms with Gasteiger partial charge in [-0.25, -0.2) is 4.79 Å². The second-order valence-corrected chi connectivity index (χ2v) is 6.09. The highest BCUT2D eigenvalue weighted by Crippen LogP contribution is 2.35. The van der Waals surface area contributed by atoms with E-state index < -0.39 is 23.2 Å². The second-order valence-electron chi connectivity index (χ2n) is 5.09. The van der Waals surface area contributed by atoms with Crippen LogP contribution in [0.5, 0.6) is 11.5 Å². The Kier molecular flexibility index (Phi) is 6.08. The van der Waals surface area contributed by atoms with Crippen LogP contribution in [0.15, 0.2) is 23.1 Å². The van der Waals surface area contributed by atoms with Gasteiger partial charge in [0.2, 0.25) is 0 Å². The number of carbonyl (C=O) groups is 3. The molecule has 0 aliphatic carbocycles. The number of nitrogens with zero attached hydrogens (tertiary/aromatic N) is 1. The van der Waals surface area contributed by atoms with E-state index >= 15 is 0 Å². The van der Waals surface area contributed by atoms with Gasteiger partial charge in [-0.15, -0.1) is 0 Å². The van der Waals surface area contributed by atoms with Crippen LogP contribution in [0, 0.1) is 0 Å². The van der Waals surface area contributed by atoms with Gasteiger partial charge in [0.15, 0.2) is 11.5 Å². The molecular formula is C17H19NO6S. The average Bonchev–Trinajstić information content (AvgIpc) is 2.88. The first-order chi connectivity index (χ1) is 11.9. The number of benzene rings is 1. The Morgan fingerprint density at radius 3 is 2.60 bits per heavy atom. The van der Waals surface area contributed by atoms with Crippen LogP contribution in [-0.2, 0) is 14.3 Å². The molecule has 2 rings (SSSR count). The minimum atomic E-state index is -0.974. The number of esters is 1. The largest absolute Gasteiger partial charge is 0.493 e. The van der Waals surface area contributed by atoms with Crippen molar-refractivity contribution in [2.24, 2.45) is 0 Å². The summed E-state index contributed by atoms with van der Waals surface area (Å²) in [7, 11) is 2.73. The molecule has 0 saturated carbocycles. The highest BCUT2D eigenvalue weighted by atomic mass is 32.2. The van der Waals surface area contributed by atoms with Gasteiger partial charge in [0.1, 0.15) is 6.04 Å². The van der Waals surface area contributed by atoms with Crippen molar-refractivity contribution in [1.82, 2.24) is 4.90 Å². The maximum absolute atomic E-state index is 12.5. The van der Waals surface area contributed by atoms with Gasteiger partial charge in [-0.2, -0.15) is 0 Å². The maximum atomic E-state index is 12.5. The van der Waals surface area contributed by atoms with Crippen LogP contribution in [0.25, 0.3) is 6.08 Å². The second kappa shape index (κ2) is 8.06. The monoisotopic (exact) mass is 365 g/mol. The number of ether oxygens (including phenoxy) is 3. The van der Waals surface area contributed by atoms with Crippen LogP contribution in [0.4, 0.5) is 4.79 Å². The van der Waals surface area contributed by atoms with E-state index in [1.807, 2.05) is 6.92 Å². The summed E-state index contributed by atoms with van der Waals surface area (Å²) in [5.41, 5.74) is 0.677. The predicted octanol–water partition coefficient (Wildman–Crippen LogP) is 2.69. The molecule has 0 bridgehead atoms. The van der Waals surface area contributed by atoms with Gasteiger partial charge >= 0.3 is 5.97 Å². The van der Waals surface area contributed by atoms with Crippen LogP contribution >= 0.6 is 11.8 Å². The molecule has 25 heavy (non-hydrogen) atoms. The van der Waals surface area contributed by atoms with Crippen LogP contribution in [-0.4, -0.2) is 48.9 Å². The fourth-order valence-electron chi connectivity index (χ4n) is 2.29. The van der Waals surface area contributed by atoms with Crippen molar-refractivity contribution in [2.45, 2.75) is 19.9 Å². The number of hydrogen-bond acceptors (Lipinski definition) is 7. The van der Waals surface area contributed by atoms with Crippen molar-refractivity contribution in [2.75, 3.05) is 20.8 Å². The molecule has 0 N–H and O–H groups in total. The third-order valence-electron chi connectivity index (χ3n) is 3.54. The van der Waals surface area contributed by atoms with Crippen molar-refractivity contribution in [1.29, 1.82) is 0 Å². The molecule has 7 nitrogen and oxygen atoms in total. The van der Waals surface area contributed by atoms with Crippen molar-refractivity contribution in [3.8, 4) is 11.5 Å². The third kappa shape index (κ3) is 3.96. The Bertz CT molecular complexity index is 730. The maximum Gasteiger partial charge on any atom is 0.328 e. The van der Waals surface area contributed by atoms with Crippen LogP contribution in [0.1, 0.15) is 19.4 Å². The Balaban J connectivity index is 2.29. The van der Waals surface area contributed by atoms with E-state index in [9.17, 15) is 14.4 Å². The van der Waals surface area contributed by atoms with Crippen molar-refractivity contribution >= 4 is 35.0 Å². The number of imide groups is 1. The lowest BCUT2D eigenvalue weighted by Crippen LogP contribution is -2.42. The van der Waals surface area contributed by atoms with Gasteiger partial charge in [0, 0.05) is 0 Å². The molecule has 1 aromatic carbocycles. The molecule has 1 aliphatic rings. The lowest BCUT2D eigenvalue weighted by molar-refractivity contribution is -0.148. The molecular weight excluding hydrogens is 346 g/mol. The summed E-state index contributed by atoms with van der Waals surface area (Å²) in [6.07, 6.45) is 1.58. The Labute approximate surface area is 149 Å². The van der Waals surface area contributed by atoms with E-state index in [2.05, 4.69) is 4.74 Å². The molecule has 8 heteroatoms. The summed E-state index contributed by atoms with van der Waals surface area (Å²) in [5.74, 6) is -0.0561. The lowest BCUT2D eigenvalue weighted by Gasteiger charge is -2.18. The van der Waals surface area contributed by atoms with E-state index in [-0.39, 0.29) is 4.91 Å². The summed E-state index contributed by atoms with van der Waals surface area (Å²) in [5, 5.41) is -0.507. The van der Waals surface area contributed by atoms with Crippen molar-refractivity contribution in [3.05, 3.63) is 28.7 Å². The van der Waals surface area contributed by atoms with E-state index in [0.717, 1.165) is 16.7 Å². The minimum Gasteiger partial charge on any atom is -0.493 e. The first-order valence-corrected chi connectivity index (χ1v) is 8.40. The summed E-state index contributed by atoms with van der Waals surface area (Å²) in [4.78, 5) is 37.3. The molecule has 1 fully saturated rings. The molecule has 1 unspecified atom stereocenters. The molecule has 0 aromatic heterocycles. The summed E-state index contributed by atoms with van der Waals surface area (Å²) in [6, 6.07) is 4.22. The SMILES string of the molecule is CCOc1ccc(C=C2SC(=O)N(C(C)C(=O)OC)C2=O)cc1OC. The smallest absolute Gasteiger partial charge is 0.328 e. The molecule has 1 atom stereocenters. The summed E-state index contributed by atoms with van der Waals surface area (Å²) in [6.45, 7) is 3.82. The Hall–Kier alpha value is -2.48. The number of amides is 2. The van der Waals surface area contributed by atoms with Gasteiger partial charge < -0.3 is 14.2 Å². The van der Waals surface area contributed by atoms with Gasteiger partial charge in [0.05, 0.1) is 25.7 Å². The normalized spacial score (nSPS) is 17.0. The average molecular weight is 365 g/mol. The Morgan fingerprint density at radius 2 is 2.00 bits per heavy atom. The van der Waals surface area contributed by atoms with Gasteiger partial charge in [0.25, 0.3) is 11.1 Å². The highest BCUT2D eigenvalue weighted by Gasteiger charge is 2.41. The molecule has 0 radical (unpaired) electrons. The minimum absolute atomic E-state index is 0.229. The number of methoxy groups -OCH3 is 2. The molecule has 1 aromatic rings. The highest BCUT2D eigenvalue weighted by molar-refractivity contribution is 8.18. The quantitative estimate of drug-likeness (QED) is 0.566. The van der Waals surface area contributed by atoms with Crippen molar-refractivity contribution in [3.63, 3.8) is 0 Å². The molecule has 2 amide bonds. The lowest BCUT2D eigenvalue weighted by atomic mass is 10.1. The molecule has 134 valence electrons. The topological polar surface area (TPSA) is 82.1 Å². The predicted molar refractivity (Wildman–Crippen MR) is 93.5 cm³/mol. The fraction of sp³-hybridized carbons (Fsp3) is 0.353. The third-order valence-corrected chi connectivity index (χ3v) is 4.42. The number of thioether (sulfide) groups is 1. The van der Waals surface area contributed by atoms with Gasteiger partial charge in [-0.3, -0.25) is 14.5 Å². The van der Waals surface area contributed by atoms with E-state index in [0.29, 0.717) is 23.7 Å². The number of carbonyl (C=O) groups excluding carboxylic acids is 3. The van der Waals surface area contributed by atoms with E-state index in [1.54, 1.807) is 24.3 Å². The van der Waals surface area contributed by atoms with Crippen molar-refractivity contribution < 1.29 is 28.6 Å². The van der Waals surface area contributed by atoms with Crippen LogP contribution < -0.4 is 9.47 Å². The Morgan fingerprint density at radius 1 is 1.28 bits per heavy atom. The zero-order chi connectivity index (χ0) is 18.6. The number of rotatable bonds is 6. The van der Waals surface area contributed by atoms with Crippen LogP contribution in [0.3, 0.4) is 0 Å². The first kappa shape index (κ1) is 18.9. The fourth-order valence-corrected chi connectivity index (χ4v) is 3.20. The molecule has 0 spiro atoms. The molecule has 1 heterocycles. The molecule has 1 aliphatic heterocycles. The van der Waals surface area contributed by atoms with E-state index in [4.69, 9.17) is 9.47 Å². The zero-order valence-electron chi connectivity index (χ0n) is 14.4. The molecule has 1 saturated heterocycles. The summed E-state index contributed by atoms with van der Waals surface area (Å²) < 4.78 is 15.3. The van der Waals surface area contributed by atoms with Crippen LogP contribution in [0.2, 0.25) is 0 Å².